The largest absolute Gasteiger partial charge is 0.489 e. The number of carboxylic acids is 1. The van der Waals surface area contributed by atoms with Crippen LogP contribution in [0.25, 0.3) is 21.5 Å². The molecular formula is C65H62Cl2N4O7S. The van der Waals surface area contributed by atoms with E-state index in [9.17, 15) is 27.9 Å². The fourth-order valence-electron chi connectivity index (χ4n) is 11.4. The minimum Gasteiger partial charge on any atom is -0.489 e. The summed E-state index contributed by atoms with van der Waals surface area (Å²) in [7, 11) is -4.30. The topological polar surface area (TPSA) is 145 Å². The lowest BCUT2D eigenvalue weighted by Crippen LogP contribution is -2.54. The first-order valence-electron chi connectivity index (χ1n) is 26.6. The zero-order valence-electron chi connectivity index (χ0n) is 43.6. The molecule has 2 heterocycles. The molecule has 3 fully saturated rings. The Balaban J connectivity index is 0.000000218. The molecule has 6 atom stereocenters. The Morgan fingerprint density at radius 2 is 1.13 bits per heavy atom. The second-order valence-electron chi connectivity index (χ2n) is 21.1. The Kier molecular flexibility index (Phi) is 17.0. The fourth-order valence-corrected chi connectivity index (χ4v) is 12.8. The number of ether oxygens (including phenoxy) is 1. The van der Waals surface area contributed by atoms with E-state index < -0.39 is 39.3 Å². The van der Waals surface area contributed by atoms with Crippen molar-refractivity contribution in [2.45, 2.75) is 49.4 Å². The molecule has 1 aliphatic carbocycles. The van der Waals surface area contributed by atoms with Crippen molar-refractivity contribution in [3.8, 4) is 5.75 Å². The van der Waals surface area contributed by atoms with E-state index in [4.69, 9.17) is 27.9 Å². The van der Waals surface area contributed by atoms with Crippen molar-refractivity contribution in [3.05, 3.63) is 239 Å². The first-order chi connectivity index (χ1) is 38.2. The summed E-state index contributed by atoms with van der Waals surface area (Å²) in [5.74, 6) is -2.58. The normalized spacial score (nSPS) is 21.0. The van der Waals surface area contributed by atoms with E-state index in [2.05, 4.69) is 93.1 Å². The second kappa shape index (κ2) is 24.4. The number of rotatable bonds is 18. The maximum absolute atomic E-state index is 14.3. The van der Waals surface area contributed by atoms with Crippen LogP contribution in [0.2, 0.25) is 10.0 Å². The molecule has 8 aromatic rings. The Morgan fingerprint density at radius 1 is 0.620 bits per heavy atom. The maximum atomic E-state index is 14.3. The van der Waals surface area contributed by atoms with Gasteiger partial charge in [0.2, 0.25) is 5.91 Å². The van der Waals surface area contributed by atoms with Gasteiger partial charge in [0.1, 0.15) is 17.9 Å². The number of likely N-dealkylation sites (tertiary alicyclic amines) is 2. The van der Waals surface area contributed by atoms with Gasteiger partial charge in [-0.2, -0.15) is 0 Å². The molecule has 11 rings (SSSR count). The third kappa shape index (κ3) is 13.2. The molecule has 79 heavy (non-hydrogen) atoms. The number of aliphatic carboxylic acids is 1. The average Bonchev–Trinajstić information content (AvgIpc) is 4.03. The summed E-state index contributed by atoms with van der Waals surface area (Å²) < 4.78 is 35.1. The van der Waals surface area contributed by atoms with Gasteiger partial charge in [0.05, 0.1) is 16.7 Å². The molecule has 2 amide bonds. The number of sulfonamides is 1. The molecule has 0 unspecified atom stereocenters. The third-order valence-corrected chi connectivity index (χ3v) is 17.5. The molecular weight excluding hydrogens is 1050 g/mol. The number of carbonyl (C=O) groups is 3. The summed E-state index contributed by atoms with van der Waals surface area (Å²) in [6.45, 7) is 8.10. The first kappa shape index (κ1) is 55.0. The molecule has 14 heteroatoms. The van der Waals surface area contributed by atoms with E-state index in [0.29, 0.717) is 48.4 Å². The van der Waals surface area contributed by atoms with E-state index in [-0.39, 0.29) is 41.6 Å². The van der Waals surface area contributed by atoms with E-state index >= 15 is 0 Å². The maximum Gasteiger partial charge on any atom is 0.308 e. The second-order valence-corrected chi connectivity index (χ2v) is 23.6. The molecule has 0 aromatic heterocycles. The molecule has 3 aliphatic rings. The SMILES string of the molecule is C=C[C@@H]1C[C@]1(NC(=O)[C@H]1CN(Cc2cccc3ccccc23)C[C@@H]1Cc1ccc(Cl)cc1)C(=O)NS(=O)(=O)c1cccc(OCc2ccccc2)c1.O=C(O)[C@H]1CN(Cc2cccc3ccccc23)C[C@@H]1Cc1ccc(Cl)cc1. The summed E-state index contributed by atoms with van der Waals surface area (Å²) >= 11 is 12.1. The van der Waals surface area contributed by atoms with E-state index in [1.165, 1.54) is 39.4 Å². The molecule has 3 N–H and O–H groups in total. The number of carbonyl (C=O) groups excluding carboxylic acids is 2. The van der Waals surface area contributed by atoms with Gasteiger partial charge in [-0.3, -0.25) is 24.2 Å². The summed E-state index contributed by atoms with van der Waals surface area (Å²) in [6, 6.07) is 60.1. The van der Waals surface area contributed by atoms with Crippen molar-refractivity contribution >= 4 is 72.6 Å². The van der Waals surface area contributed by atoms with Crippen molar-refractivity contribution < 1.29 is 32.6 Å². The van der Waals surface area contributed by atoms with Gasteiger partial charge in [0, 0.05) is 61.3 Å². The number of halogens is 2. The fraction of sp³-hybridized carbons (Fsp3) is 0.246. The summed E-state index contributed by atoms with van der Waals surface area (Å²) in [5.41, 5.74) is 4.13. The van der Waals surface area contributed by atoms with Crippen molar-refractivity contribution in [1.82, 2.24) is 19.8 Å². The molecule has 1 saturated carbocycles. The van der Waals surface area contributed by atoms with Crippen LogP contribution in [0.5, 0.6) is 5.75 Å². The minimum atomic E-state index is -4.30. The average molecular weight is 1110 g/mol. The lowest BCUT2D eigenvalue weighted by atomic mass is 9.88. The van der Waals surface area contributed by atoms with Gasteiger partial charge in [-0.1, -0.05) is 175 Å². The predicted molar refractivity (Wildman–Crippen MR) is 312 cm³/mol. The van der Waals surface area contributed by atoms with Crippen LogP contribution in [0.4, 0.5) is 0 Å². The number of fused-ring (bicyclic) bond motifs is 2. The smallest absolute Gasteiger partial charge is 0.308 e. The number of amides is 2. The molecule has 0 radical (unpaired) electrons. The van der Waals surface area contributed by atoms with Crippen molar-refractivity contribution in [2.75, 3.05) is 26.2 Å². The number of hydrogen-bond donors (Lipinski definition) is 3. The molecule has 0 spiro atoms. The molecule has 404 valence electrons. The Labute approximate surface area is 471 Å². The molecule has 0 bridgehead atoms. The number of nitrogens with zero attached hydrogens (tertiary/aromatic N) is 2. The summed E-state index contributed by atoms with van der Waals surface area (Å²) in [5, 5.41) is 18.9. The molecule has 2 aliphatic heterocycles. The van der Waals surface area contributed by atoms with Crippen LogP contribution < -0.4 is 14.8 Å². The lowest BCUT2D eigenvalue weighted by Gasteiger charge is -2.23. The van der Waals surface area contributed by atoms with Crippen LogP contribution in [0.3, 0.4) is 0 Å². The summed E-state index contributed by atoms with van der Waals surface area (Å²) in [6.07, 6.45) is 3.25. The third-order valence-electron chi connectivity index (χ3n) is 15.7. The van der Waals surface area contributed by atoms with Crippen LogP contribution in [0.15, 0.2) is 206 Å². The number of benzene rings is 8. The van der Waals surface area contributed by atoms with Crippen LogP contribution in [-0.2, 0) is 56.9 Å². The van der Waals surface area contributed by atoms with E-state index in [1.54, 1.807) is 18.2 Å². The van der Waals surface area contributed by atoms with Crippen LogP contribution in [0.1, 0.15) is 34.2 Å². The number of carboxylic acid groups (broad SMARTS) is 1. The van der Waals surface area contributed by atoms with Crippen molar-refractivity contribution in [3.63, 3.8) is 0 Å². The van der Waals surface area contributed by atoms with E-state index in [0.717, 1.165) is 41.6 Å². The molecule has 2 saturated heterocycles. The monoisotopic (exact) mass is 1110 g/mol. The van der Waals surface area contributed by atoms with Gasteiger partial charge >= 0.3 is 5.97 Å². The van der Waals surface area contributed by atoms with Crippen LogP contribution in [-0.4, -0.2) is 72.8 Å². The standard InChI is InChI=1S/C42H40ClN3O5S.C23H22ClNO2/c1-2-34-24-42(34,41(48)45-52(49,50)37-16-9-15-36(23-37)51-28-30-10-4-3-5-11-30)44-40(47)39-27-46(26-33(39)22-29-18-20-35(43)21-19-29)25-32-14-8-13-31-12-6-7-17-38(31)32;24-20-10-8-16(9-11-20)12-19-14-25(15-22(19)23(26)27)13-18-6-3-5-17-4-1-2-7-21(17)18/h2-21,23,33-34,39H,1,22,24-28H2,(H,44,47)(H,45,48);1-11,19,22H,12-15H2,(H,26,27)/t33-,34+,39-,42+;19-,22-/m00/s1. The lowest BCUT2D eigenvalue weighted by molar-refractivity contribution is -0.142. The number of hydrogen-bond acceptors (Lipinski definition) is 8. The highest BCUT2D eigenvalue weighted by Crippen LogP contribution is 2.46. The molecule has 11 nitrogen and oxygen atoms in total. The minimum absolute atomic E-state index is 0.0560. The van der Waals surface area contributed by atoms with Gasteiger partial charge in [-0.05, 0) is 117 Å². The van der Waals surface area contributed by atoms with Crippen LogP contribution >= 0.6 is 23.2 Å². The quantitative estimate of drug-likeness (QED) is 0.0715. The highest BCUT2D eigenvalue weighted by atomic mass is 35.5. The van der Waals surface area contributed by atoms with Gasteiger partial charge in [-0.15, -0.1) is 6.58 Å². The van der Waals surface area contributed by atoms with E-state index in [1.807, 2.05) is 97.1 Å². The Bertz CT molecular complexity index is 3590. The molecule has 8 aromatic carbocycles. The van der Waals surface area contributed by atoms with Crippen LogP contribution in [0, 0.1) is 29.6 Å². The van der Waals surface area contributed by atoms with Crippen molar-refractivity contribution in [1.29, 1.82) is 0 Å². The highest BCUT2D eigenvalue weighted by molar-refractivity contribution is 7.90. The predicted octanol–water partition coefficient (Wildman–Crippen LogP) is 11.8. The highest BCUT2D eigenvalue weighted by Gasteiger charge is 2.61. The first-order valence-corrected chi connectivity index (χ1v) is 28.9. The Hall–Kier alpha value is -7.32. The van der Waals surface area contributed by atoms with Gasteiger partial charge in [0.15, 0.2) is 0 Å². The van der Waals surface area contributed by atoms with Gasteiger partial charge in [-0.25, -0.2) is 13.1 Å². The summed E-state index contributed by atoms with van der Waals surface area (Å²) in [4.78, 5) is 44.4. The Morgan fingerprint density at radius 3 is 1.67 bits per heavy atom. The van der Waals surface area contributed by atoms with Gasteiger partial charge in [0.25, 0.3) is 15.9 Å². The zero-order chi connectivity index (χ0) is 55.1. The zero-order valence-corrected chi connectivity index (χ0v) is 45.9. The van der Waals surface area contributed by atoms with Gasteiger partial charge < -0.3 is 15.2 Å². The van der Waals surface area contributed by atoms with Crippen molar-refractivity contribution in [2.24, 2.45) is 29.6 Å². The number of nitrogens with one attached hydrogen (secondary N) is 2.